The molecule has 0 amide bonds. The molecule has 0 saturated heterocycles. The summed E-state index contributed by atoms with van der Waals surface area (Å²) >= 11 is 0. The predicted molar refractivity (Wildman–Crippen MR) is 87.2 cm³/mol. The van der Waals surface area contributed by atoms with E-state index in [1.165, 1.54) is 0 Å². The lowest BCUT2D eigenvalue weighted by Crippen LogP contribution is -2.53. The molecule has 0 aromatic rings. The zero-order chi connectivity index (χ0) is 16.3. The molecule has 0 spiro atoms. The van der Waals surface area contributed by atoms with Crippen molar-refractivity contribution < 1.29 is 19.5 Å². The van der Waals surface area contributed by atoms with Crippen molar-refractivity contribution in [1.82, 2.24) is 0 Å². The molecule has 4 nitrogen and oxygen atoms in total. The van der Waals surface area contributed by atoms with E-state index < -0.39 is 5.97 Å². The number of rotatable bonds is 12. The van der Waals surface area contributed by atoms with Crippen molar-refractivity contribution in [2.75, 3.05) is 26.2 Å². The summed E-state index contributed by atoms with van der Waals surface area (Å²) in [5.41, 5.74) is 0. The lowest BCUT2D eigenvalue weighted by atomic mass is 10.1. The highest BCUT2D eigenvalue weighted by Crippen LogP contribution is 2.15. The number of aliphatic hydroxyl groups excluding tert-OH is 1. The summed E-state index contributed by atoms with van der Waals surface area (Å²) in [6.07, 6.45) is 7.38. The van der Waals surface area contributed by atoms with Gasteiger partial charge in [0, 0.05) is 6.42 Å². The fraction of sp³-hybridized carbons (Fsp3) is 0.824. The number of aliphatic hydroxyl groups is 1. The van der Waals surface area contributed by atoms with Crippen LogP contribution in [0, 0.1) is 5.92 Å². The summed E-state index contributed by atoms with van der Waals surface area (Å²) in [6, 6.07) is 0. The van der Waals surface area contributed by atoms with Crippen LogP contribution in [0.4, 0.5) is 0 Å². The second-order valence-electron chi connectivity index (χ2n) is 6.06. The third-order valence-electron chi connectivity index (χ3n) is 4.43. The summed E-state index contributed by atoms with van der Waals surface area (Å²) in [6.45, 7) is 11.5. The van der Waals surface area contributed by atoms with Crippen LogP contribution >= 0.6 is 0 Å². The Kier molecular flexibility index (Phi) is 10.4. The van der Waals surface area contributed by atoms with Crippen molar-refractivity contribution in [3.63, 3.8) is 0 Å². The third kappa shape index (κ3) is 8.22. The molecule has 21 heavy (non-hydrogen) atoms. The first-order valence-corrected chi connectivity index (χ1v) is 8.31. The van der Waals surface area contributed by atoms with E-state index in [2.05, 4.69) is 32.9 Å². The first-order chi connectivity index (χ1) is 9.90. The number of nitrogens with zero attached hydrogens (tertiary/aromatic N) is 1. The molecule has 0 aliphatic heterocycles. The van der Waals surface area contributed by atoms with Crippen molar-refractivity contribution >= 4 is 5.97 Å². The fourth-order valence-corrected chi connectivity index (χ4v) is 2.54. The Morgan fingerprint density at radius 3 is 2.29 bits per heavy atom. The molecule has 4 heteroatoms. The van der Waals surface area contributed by atoms with Gasteiger partial charge in [-0.25, -0.2) is 0 Å². The van der Waals surface area contributed by atoms with Gasteiger partial charge in [-0.05, 0) is 26.7 Å². The highest BCUT2D eigenvalue weighted by Gasteiger charge is 2.28. The van der Waals surface area contributed by atoms with Crippen LogP contribution in [0.1, 0.15) is 53.4 Å². The highest BCUT2D eigenvalue weighted by molar-refractivity contribution is 5.69. The average Bonchev–Trinajstić information content (AvgIpc) is 2.47. The molecular formula is C17H34NO3+. The largest absolute Gasteiger partial charge is 0.481 e. The van der Waals surface area contributed by atoms with Gasteiger partial charge in [0.25, 0.3) is 0 Å². The van der Waals surface area contributed by atoms with Crippen LogP contribution in [0.3, 0.4) is 0 Å². The van der Waals surface area contributed by atoms with Crippen LogP contribution in [-0.4, -0.2) is 52.9 Å². The molecule has 0 aliphatic carbocycles. The van der Waals surface area contributed by atoms with Crippen molar-refractivity contribution in [3.8, 4) is 0 Å². The molecule has 124 valence electrons. The normalized spacial score (nSPS) is 15.3. The Morgan fingerprint density at radius 1 is 1.19 bits per heavy atom. The fourth-order valence-electron chi connectivity index (χ4n) is 2.54. The number of allylic oxidation sites excluding steroid dienone is 1. The van der Waals surface area contributed by atoms with Crippen LogP contribution in [-0.2, 0) is 4.79 Å². The number of hydrogen-bond donors (Lipinski definition) is 2. The number of aliphatic carboxylic acids is 1. The minimum Gasteiger partial charge on any atom is -0.481 e. The van der Waals surface area contributed by atoms with E-state index in [0.717, 1.165) is 37.0 Å². The molecule has 0 heterocycles. The maximum Gasteiger partial charge on any atom is 0.306 e. The van der Waals surface area contributed by atoms with Crippen LogP contribution in [0.15, 0.2) is 12.2 Å². The van der Waals surface area contributed by atoms with Crippen molar-refractivity contribution in [1.29, 1.82) is 0 Å². The molecule has 0 aliphatic rings. The van der Waals surface area contributed by atoms with Gasteiger partial charge in [-0.1, -0.05) is 32.4 Å². The standard InChI is InChI=1S/C17H33NO3/c1-5-8-9-10-11-16(19)14-18(6-2,7-3)13-12-15(4)17(20)21/h9-10,15-16,19H,5-8,11-14H2,1-4H3/p+1/b10-9+. The van der Waals surface area contributed by atoms with Gasteiger partial charge in [0.1, 0.15) is 12.6 Å². The number of likely N-dealkylation sites (N-methyl/N-ethyl adjacent to an activating group) is 1. The Labute approximate surface area is 130 Å². The van der Waals surface area contributed by atoms with E-state index in [1.54, 1.807) is 6.92 Å². The van der Waals surface area contributed by atoms with E-state index in [-0.39, 0.29) is 12.0 Å². The van der Waals surface area contributed by atoms with Crippen LogP contribution in [0.25, 0.3) is 0 Å². The summed E-state index contributed by atoms with van der Waals surface area (Å²) in [5, 5.41) is 19.2. The summed E-state index contributed by atoms with van der Waals surface area (Å²) in [5.74, 6) is -1.05. The van der Waals surface area contributed by atoms with Gasteiger partial charge in [0.2, 0.25) is 0 Å². The van der Waals surface area contributed by atoms with E-state index in [1.807, 2.05) is 0 Å². The zero-order valence-electron chi connectivity index (χ0n) is 14.2. The number of carboxylic acid groups (broad SMARTS) is 1. The maximum absolute atomic E-state index is 11.0. The van der Waals surface area contributed by atoms with Crippen LogP contribution in [0.2, 0.25) is 0 Å². The Hall–Kier alpha value is -0.870. The quantitative estimate of drug-likeness (QED) is 0.430. The monoisotopic (exact) mass is 300 g/mol. The van der Waals surface area contributed by atoms with Gasteiger partial charge < -0.3 is 14.7 Å². The summed E-state index contributed by atoms with van der Waals surface area (Å²) in [7, 11) is 0. The molecule has 0 aromatic carbocycles. The molecule has 2 atom stereocenters. The third-order valence-corrected chi connectivity index (χ3v) is 4.43. The molecule has 0 rings (SSSR count). The first-order valence-electron chi connectivity index (χ1n) is 8.31. The minimum absolute atomic E-state index is 0.317. The zero-order valence-corrected chi connectivity index (χ0v) is 14.2. The summed E-state index contributed by atoms with van der Waals surface area (Å²) < 4.78 is 0.792. The molecule has 2 unspecified atom stereocenters. The van der Waals surface area contributed by atoms with Crippen molar-refractivity contribution in [2.45, 2.75) is 59.5 Å². The highest BCUT2D eigenvalue weighted by atomic mass is 16.4. The van der Waals surface area contributed by atoms with E-state index in [9.17, 15) is 9.90 Å². The molecule has 0 fully saturated rings. The minimum atomic E-state index is -0.733. The number of quaternary nitrogens is 1. The number of unbranched alkanes of at least 4 members (excludes halogenated alkanes) is 1. The Morgan fingerprint density at radius 2 is 1.81 bits per heavy atom. The average molecular weight is 300 g/mol. The second-order valence-corrected chi connectivity index (χ2v) is 6.06. The van der Waals surface area contributed by atoms with Crippen molar-refractivity contribution in [3.05, 3.63) is 12.2 Å². The molecule has 0 radical (unpaired) electrons. The lowest BCUT2D eigenvalue weighted by molar-refractivity contribution is -0.928. The van der Waals surface area contributed by atoms with Gasteiger partial charge in [0.15, 0.2) is 0 Å². The van der Waals surface area contributed by atoms with Crippen molar-refractivity contribution in [2.24, 2.45) is 5.92 Å². The van der Waals surface area contributed by atoms with E-state index in [0.29, 0.717) is 19.4 Å². The van der Waals surface area contributed by atoms with Crippen LogP contribution in [0.5, 0.6) is 0 Å². The molecule has 0 bridgehead atoms. The van der Waals surface area contributed by atoms with Gasteiger partial charge in [-0.3, -0.25) is 4.79 Å². The maximum atomic E-state index is 11.0. The SMILES string of the molecule is CCC/C=C/CC(O)C[N+](CC)(CC)CCC(C)C(=O)O. The van der Waals surface area contributed by atoms with E-state index >= 15 is 0 Å². The van der Waals surface area contributed by atoms with Gasteiger partial charge in [-0.2, -0.15) is 0 Å². The molecule has 2 N–H and O–H groups in total. The summed E-state index contributed by atoms with van der Waals surface area (Å²) in [4.78, 5) is 11.0. The number of carbonyl (C=O) groups is 1. The second kappa shape index (κ2) is 10.8. The number of carboxylic acids is 1. The molecule has 0 aromatic heterocycles. The molecular weight excluding hydrogens is 266 g/mol. The van der Waals surface area contributed by atoms with Gasteiger partial charge >= 0.3 is 5.97 Å². The predicted octanol–water partition coefficient (Wildman–Crippen LogP) is 3.06. The number of hydrogen-bond acceptors (Lipinski definition) is 2. The Bertz CT molecular complexity index is 311. The van der Waals surface area contributed by atoms with E-state index in [4.69, 9.17) is 5.11 Å². The lowest BCUT2D eigenvalue weighted by Gasteiger charge is -2.38. The molecule has 0 saturated carbocycles. The smallest absolute Gasteiger partial charge is 0.306 e. The Balaban J connectivity index is 4.46. The van der Waals surface area contributed by atoms with Gasteiger partial charge in [0.05, 0.1) is 25.6 Å². The first kappa shape index (κ1) is 20.1. The van der Waals surface area contributed by atoms with Gasteiger partial charge in [-0.15, -0.1) is 0 Å². The van der Waals surface area contributed by atoms with Crippen LogP contribution < -0.4 is 0 Å². The topological polar surface area (TPSA) is 57.5 Å².